The Morgan fingerprint density at radius 2 is 2.08 bits per heavy atom. The molecular formula is C21H18N2O3. The Kier molecular flexibility index (Phi) is 3.26. The van der Waals surface area contributed by atoms with E-state index < -0.39 is 0 Å². The zero-order valence-electron chi connectivity index (χ0n) is 14.5. The lowest BCUT2D eigenvalue weighted by molar-refractivity contribution is -0.148. The van der Waals surface area contributed by atoms with Crippen molar-refractivity contribution in [3.05, 3.63) is 63.4 Å². The molecule has 0 bridgehead atoms. The fraction of sp³-hybridized carbons (Fsp3) is 0.286. The van der Waals surface area contributed by atoms with E-state index in [1.165, 1.54) is 0 Å². The molecule has 1 aromatic carbocycles. The maximum absolute atomic E-state index is 13.1. The van der Waals surface area contributed by atoms with Crippen molar-refractivity contribution >= 4 is 16.9 Å². The van der Waals surface area contributed by atoms with Crippen LogP contribution in [0.5, 0.6) is 0 Å². The van der Waals surface area contributed by atoms with Crippen molar-refractivity contribution in [2.45, 2.75) is 38.8 Å². The summed E-state index contributed by atoms with van der Waals surface area (Å²) in [7, 11) is 0. The van der Waals surface area contributed by atoms with Gasteiger partial charge < -0.3 is 9.30 Å². The number of carbonyl (C=O) groups is 1. The molecule has 2 aromatic heterocycles. The minimum Gasteiger partial charge on any atom is -0.460 e. The van der Waals surface area contributed by atoms with E-state index in [-0.39, 0.29) is 24.1 Å². The number of ether oxygens (including phenoxy) is 1. The van der Waals surface area contributed by atoms with Gasteiger partial charge in [-0.05, 0) is 30.2 Å². The van der Waals surface area contributed by atoms with Crippen molar-refractivity contribution in [1.82, 2.24) is 9.55 Å². The van der Waals surface area contributed by atoms with Crippen LogP contribution in [0.25, 0.3) is 22.3 Å². The molecule has 0 spiro atoms. The predicted octanol–water partition coefficient (Wildman–Crippen LogP) is 3.37. The van der Waals surface area contributed by atoms with Crippen molar-refractivity contribution in [2.24, 2.45) is 0 Å². The molecule has 5 rings (SSSR count). The number of esters is 1. The highest BCUT2D eigenvalue weighted by molar-refractivity contribution is 5.85. The summed E-state index contributed by atoms with van der Waals surface area (Å²) >= 11 is 0. The Bertz CT molecular complexity index is 1130. The summed E-state index contributed by atoms with van der Waals surface area (Å²) in [6, 6.07) is 12.1. The van der Waals surface area contributed by atoms with Crippen LogP contribution >= 0.6 is 0 Å². The third-order valence-electron chi connectivity index (χ3n) is 5.40. The molecule has 3 aromatic rings. The molecular weight excluding hydrogens is 328 g/mol. The Hall–Kier alpha value is -2.95. The largest absolute Gasteiger partial charge is 0.460 e. The zero-order chi connectivity index (χ0) is 17.8. The molecule has 2 aliphatic rings. The van der Waals surface area contributed by atoms with Crippen LogP contribution in [0, 0.1) is 0 Å². The Morgan fingerprint density at radius 3 is 2.92 bits per heavy atom. The van der Waals surface area contributed by atoms with Crippen molar-refractivity contribution in [3.63, 3.8) is 0 Å². The quantitative estimate of drug-likeness (QED) is 0.522. The van der Waals surface area contributed by atoms with E-state index in [0.29, 0.717) is 18.5 Å². The van der Waals surface area contributed by atoms with Gasteiger partial charge in [0, 0.05) is 10.9 Å². The number of nitrogens with zero attached hydrogens (tertiary/aromatic N) is 2. The van der Waals surface area contributed by atoms with E-state index in [1.807, 2.05) is 37.3 Å². The Labute approximate surface area is 150 Å². The normalized spacial score (nSPS) is 17.6. The lowest BCUT2D eigenvalue weighted by atomic mass is 9.89. The van der Waals surface area contributed by atoms with Gasteiger partial charge in [0.1, 0.15) is 6.61 Å². The number of hydrogen-bond donors (Lipinski definition) is 0. The SMILES string of the molecule is CCCC1C(=O)OCc2c1cc1n(c2=O)Cc2cc3ccccc3nc2-1. The van der Waals surface area contributed by atoms with Crippen molar-refractivity contribution in [3.8, 4) is 11.4 Å². The number of aromatic nitrogens is 2. The minimum atomic E-state index is -0.355. The highest BCUT2D eigenvalue weighted by Crippen LogP contribution is 2.36. The summed E-state index contributed by atoms with van der Waals surface area (Å²) in [6.07, 6.45) is 1.55. The highest BCUT2D eigenvalue weighted by atomic mass is 16.5. The standard InChI is InChI=1S/C21H18N2O3/c1-2-5-14-15-9-18-19-13(8-12-6-3-4-7-17(12)22-19)10-23(18)20(24)16(15)11-26-21(14)25/h3-4,6-9,14H,2,5,10-11H2,1H3. The number of rotatable bonds is 2. The van der Waals surface area contributed by atoms with Gasteiger partial charge in [-0.15, -0.1) is 0 Å². The van der Waals surface area contributed by atoms with Gasteiger partial charge in [-0.25, -0.2) is 4.98 Å². The van der Waals surface area contributed by atoms with Gasteiger partial charge >= 0.3 is 5.97 Å². The fourth-order valence-corrected chi connectivity index (χ4v) is 4.12. The van der Waals surface area contributed by atoms with Crippen LogP contribution in [-0.4, -0.2) is 15.5 Å². The van der Waals surface area contributed by atoms with Crippen LogP contribution in [-0.2, 0) is 22.7 Å². The van der Waals surface area contributed by atoms with Gasteiger partial charge in [-0.3, -0.25) is 9.59 Å². The maximum atomic E-state index is 13.1. The van der Waals surface area contributed by atoms with Gasteiger partial charge in [-0.1, -0.05) is 31.5 Å². The van der Waals surface area contributed by atoms with Crippen LogP contribution in [0.2, 0.25) is 0 Å². The third-order valence-corrected chi connectivity index (χ3v) is 5.40. The molecule has 0 N–H and O–H groups in total. The third kappa shape index (κ3) is 2.06. The van der Waals surface area contributed by atoms with Crippen molar-refractivity contribution in [1.29, 1.82) is 0 Å². The van der Waals surface area contributed by atoms with Crippen LogP contribution in [0.15, 0.2) is 41.2 Å². The van der Waals surface area contributed by atoms with Crippen LogP contribution in [0.1, 0.15) is 42.4 Å². The van der Waals surface area contributed by atoms with E-state index in [2.05, 4.69) is 6.07 Å². The highest BCUT2D eigenvalue weighted by Gasteiger charge is 2.34. The molecule has 130 valence electrons. The molecule has 0 aliphatic carbocycles. The van der Waals surface area contributed by atoms with Crippen LogP contribution in [0.3, 0.4) is 0 Å². The summed E-state index contributed by atoms with van der Waals surface area (Å²) in [4.78, 5) is 30.1. The molecule has 0 saturated heterocycles. The van der Waals surface area contributed by atoms with Crippen molar-refractivity contribution in [2.75, 3.05) is 0 Å². The second-order valence-electron chi connectivity index (χ2n) is 6.99. The average Bonchev–Trinajstić information content (AvgIpc) is 3.00. The first-order chi connectivity index (χ1) is 12.7. The van der Waals surface area contributed by atoms with Crippen LogP contribution < -0.4 is 5.56 Å². The lowest BCUT2D eigenvalue weighted by Crippen LogP contribution is -2.32. The van der Waals surface area contributed by atoms with Gasteiger partial charge in [0.2, 0.25) is 0 Å². The van der Waals surface area contributed by atoms with E-state index in [4.69, 9.17) is 9.72 Å². The van der Waals surface area contributed by atoms with Crippen LogP contribution in [0.4, 0.5) is 0 Å². The minimum absolute atomic E-state index is 0.0619. The molecule has 0 amide bonds. The number of hydrogen-bond acceptors (Lipinski definition) is 4. The predicted molar refractivity (Wildman–Crippen MR) is 98.0 cm³/mol. The monoisotopic (exact) mass is 346 g/mol. The second-order valence-corrected chi connectivity index (χ2v) is 6.99. The summed E-state index contributed by atoms with van der Waals surface area (Å²) in [6.45, 7) is 2.62. The number of benzene rings is 1. The molecule has 5 heteroatoms. The molecule has 5 nitrogen and oxygen atoms in total. The second kappa shape index (κ2) is 5.53. The number of carbonyl (C=O) groups excluding carboxylic acids is 1. The first-order valence-corrected chi connectivity index (χ1v) is 8.99. The van der Waals surface area contributed by atoms with Crippen molar-refractivity contribution < 1.29 is 9.53 Å². The number of para-hydroxylation sites is 1. The number of pyridine rings is 2. The lowest BCUT2D eigenvalue weighted by Gasteiger charge is -2.24. The molecule has 0 fully saturated rings. The van der Waals surface area contributed by atoms with Gasteiger partial charge in [0.15, 0.2) is 0 Å². The van der Waals surface area contributed by atoms with Gasteiger partial charge in [-0.2, -0.15) is 0 Å². The van der Waals surface area contributed by atoms with Gasteiger partial charge in [0.25, 0.3) is 5.56 Å². The van der Waals surface area contributed by atoms with E-state index in [1.54, 1.807) is 4.57 Å². The molecule has 4 heterocycles. The summed E-state index contributed by atoms with van der Waals surface area (Å²) in [5, 5.41) is 1.07. The summed E-state index contributed by atoms with van der Waals surface area (Å²) in [5.41, 5.74) is 4.99. The van der Waals surface area contributed by atoms with E-state index in [9.17, 15) is 9.59 Å². The molecule has 26 heavy (non-hydrogen) atoms. The summed E-state index contributed by atoms with van der Waals surface area (Å²) < 4.78 is 7.04. The first kappa shape index (κ1) is 15.3. The Balaban J connectivity index is 1.75. The van der Waals surface area contributed by atoms with E-state index in [0.717, 1.165) is 39.8 Å². The zero-order valence-corrected chi connectivity index (χ0v) is 14.5. The molecule has 1 atom stereocenters. The van der Waals surface area contributed by atoms with Gasteiger partial charge in [0.05, 0.1) is 34.9 Å². The molecule has 0 saturated carbocycles. The number of cyclic esters (lactones) is 1. The topological polar surface area (TPSA) is 61.2 Å². The molecule has 0 radical (unpaired) electrons. The average molecular weight is 346 g/mol. The van der Waals surface area contributed by atoms with E-state index >= 15 is 0 Å². The molecule has 2 aliphatic heterocycles. The summed E-state index contributed by atoms with van der Waals surface area (Å²) in [5.74, 6) is -0.583. The molecule has 1 unspecified atom stereocenters. The number of fused-ring (bicyclic) bond motifs is 5. The Morgan fingerprint density at radius 1 is 1.23 bits per heavy atom. The first-order valence-electron chi connectivity index (χ1n) is 8.99. The maximum Gasteiger partial charge on any atom is 0.313 e. The fourth-order valence-electron chi connectivity index (χ4n) is 4.12. The smallest absolute Gasteiger partial charge is 0.313 e.